The van der Waals surface area contributed by atoms with Gasteiger partial charge in [0.25, 0.3) is 0 Å². The lowest BCUT2D eigenvalue weighted by Gasteiger charge is -2.26. The molecule has 0 amide bonds. The number of aromatic nitrogens is 4. The molecular formula is C20H36N7O9P. The van der Waals surface area contributed by atoms with E-state index < -0.39 is 32.3 Å². The van der Waals surface area contributed by atoms with E-state index in [0.29, 0.717) is 51.5 Å². The predicted molar refractivity (Wildman–Crippen MR) is 130 cm³/mol. The normalized spacial score (nSPS) is 22.4. The molecule has 4 atom stereocenters. The lowest BCUT2D eigenvalue weighted by molar-refractivity contribution is -0.0403. The number of aliphatic hydroxyl groups excluding tert-OH is 2. The molecule has 3 heterocycles. The summed E-state index contributed by atoms with van der Waals surface area (Å²) in [6.45, 7) is 2.67. The lowest BCUT2D eigenvalue weighted by atomic mass is 10.1. The zero-order chi connectivity index (χ0) is 26.8. The number of hydrogen-bond acceptors (Lipinski definition) is 12. The fourth-order valence-corrected chi connectivity index (χ4v) is 4.55. The Kier molecular flexibility index (Phi) is 11.5. The van der Waals surface area contributed by atoms with Gasteiger partial charge in [-0.1, -0.05) is 0 Å². The van der Waals surface area contributed by atoms with Gasteiger partial charge in [0.2, 0.25) is 0 Å². The zero-order valence-corrected chi connectivity index (χ0v) is 21.3. The highest BCUT2D eigenvalue weighted by Gasteiger charge is 2.46. The maximum Gasteiger partial charge on any atom is 0.403 e. The third-order valence-electron chi connectivity index (χ3n) is 5.70. The number of nitrogens with zero attached hydrogens (tertiary/aromatic N) is 5. The number of fused-ring (bicyclic) bond motifs is 1. The first kappa shape index (κ1) is 29.7. The monoisotopic (exact) mass is 549 g/mol. The van der Waals surface area contributed by atoms with Crippen molar-refractivity contribution >= 4 is 24.7 Å². The zero-order valence-electron chi connectivity index (χ0n) is 20.4. The molecule has 0 radical (unpaired) electrons. The van der Waals surface area contributed by atoms with Crippen molar-refractivity contribution in [3.8, 4) is 0 Å². The van der Waals surface area contributed by atoms with Crippen LogP contribution in [0.1, 0.15) is 19.1 Å². The second-order valence-corrected chi connectivity index (χ2v) is 9.98. The van der Waals surface area contributed by atoms with E-state index >= 15 is 0 Å². The van der Waals surface area contributed by atoms with E-state index in [1.165, 1.54) is 17.2 Å². The molecule has 0 aliphatic carbocycles. The van der Waals surface area contributed by atoms with Crippen LogP contribution in [0, 0.1) is 0 Å². The summed E-state index contributed by atoms with van der Waals surface area (Å²) in [5.74, 6) is 0.141. The molecule has 0 bridgehead atoms. The van der Waals surface area contributed by atoms with Crippen LogP contribution in [0.3, 0.4) is 0 Å². The SMILES string of the molecule is NCCCOCCOCCOCCCN(C[C@H]1O[C@@H](n2cnc3c(N)ncnc32)C(O)C1O)P(=O)(O)O. The van der Waals surface area contributed by atoms with Gasteiger partial charge >= 0.3 is 7.75 Å². The fraction of sp³-hybridized carbons (Fsp3) is 0.750. The summed E-state index contributed by atoms with van der Waals surface area (Å²) in [5.41, 5.74) is 11.8. The molecule has 0 saturated carbocycles. The molecule has 2 unspecified atom stereocenters. The van der Waals surface area contributed by atoms with E-state index in [4.69, 9.17) is 30.4 Å². The number of hydrogen-bond donors (Lipinski definition) is 6. The van der Waals surface area contributed by atoms with Gasteiger partial charge in [-0.2, -0.15) is 0 Å². The van der Waals surface area contributed by atoms with Crippen LogP contribution in [-0.2, 0) is 23.5 Å². The minimum absolute atomic E-state index is 0.0226. The predicted octanol–water partition coefficient (Wildman–Crippen LogP) is -1.79. The first-order valence-corrected chi connectivity index (χ1v) is 13.5. The Morgan fingerprint density at radius 1 is 1.00 bits per heavy atom. The topological polar surface area (TPSA) is 234 Å². The van der Waals surface area contributed by atoms with Gasteiger partial charge in [-0.25, -0.2) is 24.2 Å². The van der Waals surface area contributed by atoms with Crippen molar-refractivity contribution in [2.45, 2.75) is 37.4 Å². The van der Waals surface area contributed by atoms with E-state index in [1.54, 1.807) is 0 Å². The van der Waals surface area contributed by atoms with Crippen LogP contribution in [0.5, 0.6) is 0 Å². The van der Waals surface area contributed by atoms with Gasteiger partial charge in [0.1, 0.15) is 30.2 Å². The number of ether oxygens (including phenoxy) is 4. The highest BCUT2D eigenvalue weighted by Crippen LogP contribution is 2.42. The summed E-state index contributed by atoms with van der Waals surface area (Å²) in [5, 5.41) is 21.1. The Hall–Kier alpha value is -1.82. The summed E-state index contributed by atoms with van der Waals surface area (Å²) in [7, 11) is -4.68. The summed E-state index contributed by atoms with van der Waals surface area (Å²) in [4.78, 5) is 31.7. The smallest absolute Gasteiger partial charge is 0.387 e. The molecule has 8 N–H and O–H groups in total. The average Bonchev–Trinajstić information content (AvgIpc) is 3.40. The van der Waals surface area contributed by atoms with E-state index in [1.807, 2.05) is 0 Å². The van der Waals surface area contributed by atoms with Crippen molar-refractivity contribution in [2.75, 3.05) is 65.0 Å². The third kappa shape index (κ3) is 8.33. The Morgan fingerprint density at radius 2 is 1.65 bits per heavy atom. The summed E-state index contributed by atoms with van der Waals surface area (Å²) in [6, 6.07) is 0. The number of aliphatic hydroxyl groups is 2. The molecule has 1 aliphatic rings. The average molecular weight is 550 g/mol. The molecule has 1 saturated heterocycles. The van der Waals surface area contributed by atoms with Crippen molar-refractivity contribution < 1.29 is 43.5 Å². The van der Waals surface area contributed by atoms with Crippen molar-refractivity contribution in [1.82, 2.24) is 24.2 Å². The van der Waals surface area contributed by atoms with Gasteiger partial charge in [0.15, 0.2) is 17.7 Å². The van der Waals surface area contributed by atoms with Crippen molar-refractivity contribution in [3.05, 3.63) is 12.7 Å². The first-order chi connectivity index (χ1) is 17.7. The Morgan fingerprint density at radius 3 is 2.30 bits per heavy atom. The largest absolute Gasteiger partial charge is 0.403 e. The van der Waals surface area contributed by atoms with E-state index in [2.05, 4.69) is 15.0 Å². The number of nitrogens with two attached hydrogens (primary N) is 2. The van der Waals surface area contributed by atoms with Crippen LogP contribution in [0.25, 0.3) is 11.2 Å². The highest BCUT2D eigenvalue weighted by molar-refractivity contribution is 7.49. The van der Waals surface area contributed by atoms with Crippen LogP contribution in [0.15, 0.2) is 12.7 Å². The molecule has 37 heavy (non-hydrogen) atoms. The van der Waals surface area contributed by atoms with Gasteiger partial charge < -0.3 is 50.4 Å². The number of anilines is 1. The van der Waals surface area contributed by atoms with Crippen molar-refractivity contribution in [2.24, 2.45) is 5.73 Å². The summed E-state index contributed by atoms with van der Waals surface area (Å²) >= 11 is 0. The molecule has 0 aromatic carbocycles. The van der Waals surface area contributed by atoms with Crippen LogP contribution in [-0.4, -0.2) is 122 Å². The Balaban J connectivity index is 1.44. The quantitative estimate of drug-likeness (QED) is 0.0944. The van der Waals surface area contributed by atoms with Crippen LogP contribution < -0.4 is 11.5 Å². The minimum Gasteiger partial charge on any atom is -0.387 e. The van der Waals surface area contributed by atoms with Crippen molar-refractivity contribution in [1.29, 1.82) is 0 Å². The van der Waals surface area contributed by atoms with E-state index in [9.17, 15) is 24.6 Å². The molecule has 16 nitrogen and oxygen atoms in total. The molecule has 2 aromatic rings. The maximum absolute atomic E-state index is 12.1. The van der Waals surface area contributed by atoms with E-state index in [-0.39, 0.29) is 31.2 Å². The summed E-state index contributed by atoms with van der Waals surface area (Å²) in [6.07, 6.45) is -1.31. The lowest BCUT2D eigenvalue weighted by Crippen LogP contribution is -2.39. The molecule has 2 aromatic heterocycles. The standard InChI is InChI=1S/C20H36N7O9P/c21-3-1-5-33-7-9-35-10-8-34-6-2-4-26(37(30,31)32)11-14-16(28)17(29)20(36-14)27-13-25-15-18(22)23-12-24-19(15)27/h12-14,16-17,20,28-29H,1-11,21H2,(H2,22,23,24)(H2,30,31,32)/t14-,16?,17?,20-/m1/s1. The second kappa shape index (κ2) is 14.4. The molecule has 1 aliphatic heterocycles. The molecule has 3 rings (SSSR count). The number of nitrogen functional groups attached to an aromatic ring is 1. The molecule has 1 fully saturated rings. The van der Waals surface area contributed by atoms with Gasteiger partial charge in [-0.3, -0.25) is 4.57 Å². The van der Waals surface area contributed by atoms with E-state index in [0.717, 1.165) is 11.1 Å². The second-order valence-electron chi connectivity index (χ2n) is 8.39. The van der Waals surface area contributed by atoms with Gasteiger partial charge in [0, 0.05) is 26.3 Å². The number of rotatable bonds is 17. The number of imidazole rings is 1. The summed E-state index contributed by atoms with van der Waals surface area (Å²) < 4.78 is 36.3. The van der Waals surface area contributed by atoms with Crippen molar-refractivity contribution in [3.63, 3.8) is 0 Å². The highest BCUT2D eigenvalue weighted by atomic mass is 31.2. The Bertz CT molecular complexity index is 1010. The Labute approximate surface area is 213 Å². The van der Waals surface area contributed by atoms with Crippen LogP contribution >= 0.6 is 7.75 Å². The molecule has 210 valence electrons. The van der Waals surface area contributed by atoms with Crippen LogP contribution in [0.2, 0.25) is 0 Å². The van der Waals surface area contributed by atoms with Crippen LogP contribution in [0.4, 0.5) is 5.82 Å². The fourth-order valence-electron chi connectivity index (χ4n) is 3.78. The van der Waals surface area contributed by atoms with Gasteiger partial charge in [-0.05, 0) is 19.4 Å². The third-order valence-corrected chi connectivity index (χ3v) is 6.80. The molecule has 0 spiro atoms. The minimum atomic E-state index is -4.68. The maximum atomic E-state index is 12.1. The molecular weight excluding hydrogens is 513 g/mol. The van der Waals surface area contributed by atoms with Gasteiger partial charge in [-0.15, -0.1) is 0 Å². The van der Waals surface area contributed by atoms with Gasteiger partial charge in [0.05, 0.1) is 32.8 Å². The molecule has 17 heteroatoms. The first-order valence-electron chi connectivity index (χ1n) is 11.9.